The van der Waals surface area contributed by atoms with Crippen molar-refractivity contribution in [1.82, 2.24) is 9.62 Å². The summed E-state index contributed by atoms with van der Waals surface area (Å²) in [4.78, 5) is 1.24. The van der Waals surface area contributed by atoms with E-state index in [1.54, 1.807) is 19.0 Å². The zero-order valence-corrected chi connectivity index (χ0v) is 10.4. The lowest BCUT2D eigenvalue weighted by Gasteiger charge is -2.11. The average molecular weight is 264 g/mol. The van der Waals surface area contributed by atoms with Gasteiger partial charge in [-0.05, 0) is 26.2 Å². The van der Waals surface area contributed by atoms with Crippen molar-refractivity contribution < 1.29 is 17.2 Å². The first-order chi connectivity index (χ1) is 7.83. The molecule has 7 heteroatoms. The quantitative estimate of drug-likeness (QED) is 0.856. The van der Waals surface area contributed by atoms with E-state index in [4.69, 9.17) is 0 Å². The molecule has 0 aliphatic rings. The fraction of sp³-hybridized carbons (Fsp3) is 0.400. The highest BCUT2D eigenvalue weighted by atomic mass is 32.2. The first kappa shape index (κ1) is 14.0. The first-order valence-corrected chi connectivity index (χ1v) is 6.40. The van der Waals surface area contributed by atoms with Crippen molar-refractivity contribution in [2.45, 2.75) is 4.90 Å². The summed E-state index contributed by atoms with van der Waals surface area (Å²) in [6.45, 7) is 0.647. The van der Waals surface area contributed by atoms with Crippen molar-refractivity contribution in [2.24, 2.45) is 0 Å². The Hall–Kier alpha value is -1.05. The normalized spacial score (nSPS) is 12.1. The Morgan fingerprint density at radius 1 is 1.29 bits per heavy atom. The van der Waals surface area contributed by atoms with Crippen LogP contribution in [0.3, 0.4) is 0 Å². The summed E-state index contributed by atoms with van der Waals surface area (Å²) in [6.07, 6.45) is 0. The van der Waals surface area contributed by atoms with Gasteiger partial charge in [0.15, 0.2) is 0 Å². The second kappa shape index (κ2) is 5.52. The van der Waals surface area contributed by atoms with Gasteiger partial charge >= 0.3 is 0 Å². The average Bonchev–Trinajstić information content (AvgIpc) is 2.15. The number of benzene rings is 1. The number of hydrogen-bond acceptors (Lipinski definition) is 3. The summed E-state index contributed by atoms with van der Waals surface area (Å²) in [7, 11) is -0.353. The van der Waals surface area contributed by atoms with Crippen LogP contribution < -0.4 is 4.72 Å². The summed E-state index contributed by atoms with van der Waals surface area (Å²) in [5.41, 5.74) is 0. The second-order valence-corrected chi connectivity index (χ2v) is 5.51. The van der Waals surface area contributed by atoms with Gasteiger partial charge in [-0.15, -0.1) is 0 Å². The predicted molar refractivity (Wildman–Crippen MR) is 60.1 cm³/mol. The molecule has 0 radical (unpaired) electrons. The van der Waals surface area contributed by atoms with Crippen LogP contribution in [0.25, 0.3) is 0 Å². The van der Waals surface area contributed by atoms with E-state index in [-0.39, 0.29) is 6.54 Å². The molecule has 1 aromatic carbocycles. The Labute approximate surface area is 99.3 Å². The Balaban J connectivity index is 2.83. The predicted octanol–water partition coefficient (Wildman–Crippen LogP) is 0.805. The largest absolute Gasteiger partial charge is 0.308 e. The lowest BCUT2D eigenvalue weighted by Crippen LogP contribution is -2.31. The topological polar surface area (TPSA) is 49.4 Å². The number of nitrogens with zero attached hydrogens (tertiary/aromatic N) is 1. The minimum Gasteiger partial charge on any atom is -0.308 e. The molecule has 0 unspecified atom stereocenters. The van der Waals surface area contributed by atoms with Gasteiger partial charge in [0.05, 0.1) is 0 Å². The van der Waals surface area contributed by atoms with Gasteiger partial charge in [0.1, 0.15) is 16.5 Å². The molecule has 0 aliphatic carbocycles. The van der Waals surface area contributed by atoms with Crippen LogP contribution in [0, 0.1) is 11.6 Å². The maximum atomic E-state index is 13.3. The monoisotopic (exact) mass is 264 g/mol. The summed E-state index contributed by atoms with van der Waals surface area (Å²) in [5, 5.41) is 0. The molecule has 0 aromatic heterocycles. The van der Waals surface area contributed by atoms with Crippen LogP contribution in [0.4, 0.5) is 8.78 Å². The molecule has 0 amide bonds. The van der Waals surface area contributed by atoms with Gasteiger partial charge < -0.3 is 4.90 Å². The Morgan fingerprint density at radius 3 is 2.47 bits per heavy atom. The third-order valence-electron chi connectivity index (χ3n) is 2.03. The third-order valence-corrected chi connectivity index (χ3v) is 3.53. The number of hydrogen-bond donors (Lipinski definition) is 1. The van der Waals surface area contributed by atoms with E-state index in [9.17, 15) is 17.2 Å². The van der Waals surface area contributed by atoms with E-state index in [1.165, 1.54) is 0 Å². The van der Waals surface area contributed by atoms with Crippen LogP contribution in [0.15, 0.2) is 23.1 Å². The van der Waals surface area contributed by atoms with Crippen molar-refractivity contribution >= 4 is 10.0 Å². The van der Waals surface area contributed by atoms with Gasteiger partial charge in [-0.25, -0.2) is 21.9 Å². The smallest absolute Gasteiger partial charge is 0.243 e. The second-order valence-electron chi connectivity index (χ2n) is 3.78. The molecule has 1 rings (SSSR count). The molecule has 96 valence electrons. The molecular formula is C10H14F2N2O2S. The van der Waals surface area contributed by atoms with Crippen LogP contribution >= 0.6 is 0 Å². The van der Waals surface area contributed by atoms with Crippen molar-refractivity contribution in [1.29, 1.82) is 0 Å². The van der Waals surface area contributed by atoms with E-state index in [2.05, 4.69) is 4.72 Å². The fourth-order valence-corrected chi connectivity index (χ4v) is 2.25. The van der Waals surface area contributed by atoms with E-state index in [0.29, 0.717) is 12.6 Å². The van der Waals surface area contributed by atoms with Crippen LogP contribution in [0.2, 0.25) is 0 Å². The minimum absolute atomic E-state index is 0.159. The number of likely N-dealkylation sites (N-methyl/N-ethyl adjacent to an activating group) is 1. The number of nitrogens with one attached hydrogen (secondary N) is 1. The molecule has 0 aliphatic heterocycles. The summed E-state index contributed by atoms with van der Waals surface area (Å²) >= 11 is 0. The Morgan fingerprint density at radius 2 is 1.94 bits per heavy atom. The molecule has 0 bridgehead atoms. The summed E-state index contributed by atoms with van der Waals surface area (Å²) in [6, 6.07) is 2.35. The minimum atomic E-state index is -3.92. The maximum Gasteiger partial charge on any atom is 0.243 e. The molecule has 1 N–H and O–H groups in total. The number of sulfonamides is 1. The molecule has 0 fully saturated rings. The Bertz CT molecular complexity index is 489. The van der Waals surface area contributed by atoms with Gasteiger partial charge in [0, 0.05) is 19.2 Å². The fourth-order valence-electron chi connectivity index (χ4n) is 1.17. The van der Waals surface area contributed by atoms with Crippen molar-refractivity contribution in [3.8, 4) is 0 Å². The van der Waals surface area contributed by atoms with Gasteiger partial charge in [-0.3, -0.25) is 0 Å². The van der Waals surface area contributed by atoms with Gasteiger partial charge in [0.2, 0.25) is 10.0 Å². The lowest BCUT2D eigenvalue weighted by molar-refractivity contribution is 0.412. The maximum absolute atomic E-state index is 13.3. The Kier molecular flexibility index (Phi) is 4.55. The van der Waals surface area contributed by atoms with Crippen LogP contribution in [-0.2, 0) is 10.0 Å². The number of rotatable bonds is 5. The van der Waals surface area contributed by atoms with Crippen LogP contribution in [0.5, 0.6) is 0 Å². The van der Waals surface area contributed by atoms with Crippen molar-refractivity contribution in [3.05, 3.63) is 29.8 Å². The summed E-state index contributed by atoms with van der Waals surface area (Å²) < 4.78 is 51.4. The zero-order valence-electron chi connectivity index (χ0n) is 9.57. The molecule has 0 saturated heterocycles. The highest BCUT2D eigenvalue weighted by Gasteiger charge is 2.18. The first-order valence-electron chi connectivity index (χ1n) is 4.92. The van der Waals surface area contributed by atoms with Crippen LogP contribution in [0.1, 0.15) is 0 Å². The van der Waals surface area contributed by atoms with Gasteiger partial charge in [-0.2, -0.15) is 0 Å². The molecular weight excluding hydrogens is 250 g/mol. The number of halogens is 2. The van der Waals surface area contributed by atoms with Crippen molar-refractivity contribution in [2.75, 3.05) is 27.2 Å². The van der Waals surface area contributed by atoms with Crippen molar-refractivity contribution in [3.63, 3.8) is 0 Å². The van der Waals surface area contributed by atoms with E-state index in [1.807, 2.05) is 0 Å². The standard InChI is InChI=1S/C10H14F2N2O2S/c1-14(2)6-5-13-17(15,16)10-4-3-8(11)7-9(10)12/h3-4,7,13H,5-6H2,1-2H3. The van der Waals surface area contributed by atoms with Gasteiger partial charge in [-0.1, -0.05) is 0 Å². The highest BCUT2D eigenvalue weighted by molar-refractivity contribution is 7.89. The lowest BCUT2D eigenvalue weighted by atomic mass is 10.3. The molecule has 0 saturated carbocycles. The highest BCUT2D eigenvalue weighted by Crippen LogP contribution is 2.14. The zero-order chi connectivity index (χ0) is 13.1. The summed E-state index contributed by atoms with van der Waals surface area (Å²) in [5.74, 6) is -1.91. The molecule has 0 spiro atoms. The van der Waals surface area contributed by atoms with Crippen LogP contribution in [-0.4, -0.2) is 40.5 Å². The van der Waals surface area contributed by atoms with E-state index >= 15 is 0 Å². The van der Waals surface area contributed by atoms with E-state index < -0.39 is 26.6 Å². The van der Waals surface area contributed by atoms with E-state index in [0.717, 1.165) is 12.1 Å². The SMILES string of the molecule is CN(C)CCNS(=O)(=O)c1ccc(F)cc1F. The third kappa shape index (κ3) is 4.03. The van der Waals surface area contributed by atoms with Gasteiger partial charge in [0.25, 0.3) is 0 Å². The molecule has 17 heavy (non-hydrogen) atoms. The molecule has 1 aromatic rings. The molecule has 0 atom stereocenters. The molecule has 4 nitrogen and oxygen atoms in total. The molecule has 0 heterocycles.